The SMILES string of the molecule is SCCc1cncnc1. The van der Waals surface area contributed by atoms with Crippen LogP contribution in [-0.4, -0.2) is 15.7 Å². The van der Waals surface area contributed by atoms with Crippen molar-refractivity contribution >= 4 is 12.6 Å². The van der Waals surface area contributed by atoms with Crippen LogP contribution in [0.15, 0.2) is 18.7 Å². The molecule has 0 atom stereocenters. The normalized spacial score (nSPS) is 9.44. The summed E-state index contributed by atoms with van der Waals surface area (Å²) in [4.78, 5) is 7.72. The van der Waals surface area contributed by atoms with Gasteiger partial charge in [-0.15, -0.1) is 0 Å². The summed E-state index contributed by atoms with van der Waals surface area (Å²) in [5.41, 5.74) is 1.15. The van der Waals surface area contributed by atoms with Gasteiger partial charge in [-0.1, -0.05) is 0 Å². The molecule has 0 amide bonds. The van der Waals surface area contributed by atoms with Crippen LogP contribution < -0.4 is 0 Å². The van der Waals surface area contributed by atoms with Gasteiger partial charge < -0.3 is 0 Å². The molecule has 0 spiro atoms. The van der Waals surface area contributed by atoms with Crippen molar-refractivity contribution in [2.24, 2.45) is 0 Å². The number of aryl methyl sites for hydroxylation is 1. The van der Waals surface area contributed by atoms with Gasteiger partial charge in [0.05, 0.1) is 0 Å². The minimum Gasteiger partial charge on any atom is -0.245 e. The van der Waals surface area contributed by atoms with Crippen molar-refractivity contribution in [3.63, 3.8) is 0 Å². The molecule has 0 bridgehead atoms. The first-order valence-corrected chi connectivity index (χ1v) is 3.41. The van der Waals surface area contributed by atoms with E-state index in [0.29, 0.717) is 0 Å². The zero-order valence-electron chi connectivity index (χ0n) is 4.99. The van der Waals surface area contributed by atoms with Gasteiger partial charge >= 0.3 is 0 Å². The second kappa shape index (κ2) is 3.45. The maximum atomic E-state index is 4.08. The number of nitrogens with zero attached hydrogens (tertiary/aromatic N) is 2. The summed E-state index contributed by atoms with van der Waals surface area (Å²) in [6, 6.07) is 0. The molecule has 1 aromatic heterocycles. The van der Waals surface area contributed by atoms with Crippen LogP contribution in [-0.2, 0) is 6.42 Å². The van der Waals surface area contributed by atoms with Gasteiger partial charge in [0.25, 0.3) is 0 Å². The largest absolute Gasteiger partial charge is 0.245 e. The predicted octanol–water partition coefficient (Wildman–Crippen LogP) is 0.949. The van der Waals surface area contributed by atoms with Gasteiger partial charge in [0.1, 0.15) is 6.33 Å². The molecule has 0 aromatic carbocycles. The van der Waals surface area contributed by atoms with Crippen molar-refractivity contribution in [3.8, 4) is 0 Å². The average molecular weight is 140 g/mol. The predicted molar refractivity (Wildman–Crippen MR) is 39.6 cm³/mol. The molecule has 0 saturated carbocycles. The third kappa shape index (κ3) is 2.01. The Kier molecular flexibility index (Phi) is 2.51. The third-order valence-electron chi connectivity index (χ3n) is 1.01. The third-order valence-corrected chi connectivity index (χ3v) is 1.24. The standard InChI is InChI=1S/C6H8N2S/c9-2-1-6-3-7-5-8-4-6/h3-5,9H,1-2H2. The molecule has 0 saturated heterocycles. The highest BCUT2D eigenvalue weighted by Crippen LogP contribution is 1.94. The Morgan fingerprint density at radius 3 is 2.56 bits per heavy atom. The van der Waals surface area contributed by atoms with E-state index in [2.05, 4.69) is 22.6 Å². The Morgan fingerprint density at radius 2 is 2.00 bits per heavy atom. The van der Waals surface area contributed by atoms with Crippen LogP contribution in [0, 0.1) is 0 Å². The lowest BCUT2D eigenvalue weighted by Gasteiger charge is -1.91. The fraction of sp³-hybridized carbons (Fsp3) is 0.333. The van der Waals surface area contributed by atoms with Crippen molar-refractivity contribution in [1.82, 2.24) is 9.97 Å². The van der Waals surface area contributed by atoms with E-state index in [-0.39, 0.29) is 0 Å². The number of aromatic nitrogens is 2. The zero-order chi connectivity index (χ0) is 6.53. The number of hydrogen-bond donors (Lipinski definition) is 1. The first-order chi connectivity index (χ1) is 4.43. The molecule has 0 fully saturated rings. The Bertz CT molecular complexity index is 164. The van der Waals surface area contributed by atoms with Gasteiger partial charge in [0.2, 0.25) is 0 Å². The van der Waals surface area contributed by atoms with Gasteiger partial charge in [0, 0.05) is 12.4 Å². The molecule has 3 heteroatoms. The monoisotopic (exact) mass is 140 g/mol. The number of thiol groups is 1. The van der Waals surface area contributed by atoms with Crippen LogP contribution in [0.2, 0.25) is 0 Å². The topological polar surface area (TPSA) is 25.8 Å². The molecule has 1 heterocycles. The molecule has 9 heavy (non-hydrogen) atoms. The smallest absolute Gasteiger partial charge is 0.115 e. The summed E-state index contributed by atoms with van der Waals surface area (Å²) in [5, 5.41) is 0. The van der Waals surface area contributed by atoms with Crippen LogP contribution in [0.4, 0.5) is 0 Å². The van der Waals surface area contributed by atoms with Crippen molar-refractivity contribution in [2.45, 2.75) is 6.42 Å². The number of hydrogen-bond acceptors (Lipinski definition) is 3. The van der Waals surface area contributed by atoms with E-state index in [1.807, 2.05) is 12.4 Å². The minimum absolute atomic E-state index is 0.855. The van der Waals surface area contributed by atoms with Gasteiger partial charge in [-0.2, -0.15) is 12.6 Å². The van der Waals surface area contributed by atoms with Crippen molar-refractivity contribution in [1.29, 1.82) is 0 Å². The molecule has 0 radical (unpaired) electrons. The molecule has 2 nitrogen and oxygen atoms in total. The molecule has 0 aliphatic heterocycles. The van der Waals surface area contributed by atoms with Gasteiger partial charge in [-0.05, 0) is 17.7 Å². The maximum absolute atomic E-state index is 4.08. The molecular weight excluding hydrogens is 132 g/mol. The molecule has 0 aliphatic rings. The van der Waals surface area contributed by atoms with Crippen LogP contribution in [0.1, 0.15) is 5.56 Å². The average Bonchev–Trinajstić information content (AvgIpc) is 1.91. The van der Waals surface area contributed by atoms with E-state index in [1.54, 1.807) is 0 Å². The highest BCUT2D eigenvalue weighted by atomic mass is 32.1. The summed E-state index contributed by atoms with van der Waals surface area (Å²) in [5.74, 6) is 0.855. The van der Waals surface area contributed by atoms with E-state index in [4.69, 9.17) is 0 Å². The summed E-state index contributed by atoms with van der Waals surface area (Å²) < 4.78 is 0. The molecule has 1 rings (SSSR count). The lowest BCUT2D eigenvalue weighted by atomic mass is 10.3. The Hall–Kier alpha value is -0.570. The Balaban J connectivity index is 2.61. The van der Waals surface area contributed by atoms with E-state index in [9.17, 15) is 0 Å². The quantitative estimate of drug-likeness (QED) is 0.619. The highest BCUT2D eigenvalue weighted by Gasteiger charge is 1.87. The molecule has 0 unspecified atom stereocenters. The lowest BCUT2D eigenvalue weighted by Crippen LogP contribution is -1.87. The molecule has 0 N–H and O–H groups in total. The summed E-state index contributed by atoms with van der Waals surface area (Å²) in [6.45, 7) is 0. The first-order valence-electron chi connectivity index (χ1n) is 2.78. The van der Waals surface area contributed by atoms with Gasteiger partial charge in [-0.25, -0.2) is 9.97 Å². The van der Waals surface area contributed by atoms with Crippen LogP contribution in [0.5, 0.6) is 0 Å². The van der Waals surface area contributed by atoms with Crippen LogP contribution in [0.25, 0.3) is 0 Å². The van der Waals surface area contributed by atoms with Crippen molar-refractivity contribution in [3.05, 3.63) is 24.3 Å². The molecule has 0 aliphatic carbocycles. The first kappa shape index (κ1) is 6.55. The number of rotatable bonds is 2. The minimum atomic E-state index is 0.855. The Morgan fingerprint density at radius 1 is 1.33 bits per heavy atom. The van der Waals surface area contributed by atoms with E-state index in [1.165, 1.54) is 6.33 Å². The highest BCUT2D eigenvalue weighted by molar-refractivity contribution is 7.80. The summed E-state index contributed by atoms with van der Waals surface area (Å²) in [6.07, 6.45) is 6.10. The van der Waals surface area contributed by atoms with Crippen LogP contribution in [0.3, 0.4) is 0 Å². The maximum Gasteiger partial charge on any atom is 0.115 e. The summed E-state index contributed by atoms with van der Waals surface area (Å²) >= 11 is 4.08. The van der Waals surface area contributed by atoms with E-state index < -0.39 is 0 Å². The molecular formula is C6H8N2S. The molecule has 1 aromatic rings. The van der Waals surface area contributed by atoms with Gasteiger partial charge in [0.15, 0.2) is 0 Å². The zero-order valence-corrected chi connectivity index (χ0v) is 5.88. The van der Waals surface area contributed by atoms with Crippen LogP contribution >= 0.6 is 12.6 Å². The molecule has 48 valence electrons. The van der Waals surface area contributed by atoms with E-state index in [0.717, 1.165) is 17.7 Å². The second-order valence-corrected chi connectivity index (χ2v) is 2.17. The van der Waals surface area contributed by atoms with Crippen molar-refractivity contribution in [2.75, 3.05) is 5.75 Å². The fourth-order valence-electron chi connectivity index (χ4n) is 0.588. The fourth-order valence-corrected chi connectivity index (χ4v) is 0.846. The second-order valence-electron chi connectivity index (χ2n) is 1.72. The summed E-state index contributed by atoms with van der Waals surface area (Å²) in [7, 11) is 0. The van der Waals surface area contributed by atoms with Crippen molar-refractivity contribution < 1.29 is 0 Å². The Labute approximate surface area is 59.8 Å². The lowest BCUT2D eigenvalue weighted by molar-refractivity contribution is 1.05. The van der Waals surface area contributed by atoms with E-state index >= 15 is 0 Å². The van der Waals surface area contributed by atoms with Gasteiger partial charge in [-0.3, -0.25) is 0 Å².